The van der Waals surface area contributed by atoms with E-state index in [9.17, 15) is 4.21 Å². The van der Waals surface area contributed by atoms with E-state index in [0.29, 0.717) is 12.3 Å². The molecule has 1 aliphatic heterocycles. The van der Waals surface area contributed by atoms with Crippen LogP contribution in [0.5, 0.6) is 5.75 Å². The molecular weight excluding hydrogens is 461 g/mol. The van der Waals surface area contributed by atoms with E-state index in [4.69, 9.17) is 4.74 Å². The van der Waals surface area contributed by atoms with Gasteiger partial charge in [0.05, 0.1) is 13.2 Å². The van der Waals surface area contributed by atoms with Gasteiger partial charge in [-0.15, -0.1) is 24.0 Å². The van der Waals surface area contributed by atoms with E-state index in [1.54, 1.807) is 0 Å². The molecule has 0 fully saturated rings. The number of hydrogen-bond acceptors (Lipinski definition) is 3. The smallest absolute Gasteiger partial charge is 0.191 e. The monoisotopic (exact) mass is 493 g/mol. The first kappa shape index (κ1) is 23.2. The summed E-state index contributed by atoms with van der Waals surface area (Å²) in [5.41, 5.74) is 2.61. The molecule has 1 aromatic carbocycles. The van der Waals surface area contributed by atoms with Gasteiger partial charge in [-0.1, -0.05) is 12.1 Å². The zero-order chi connectivity index (χ0) is 18.3. The highest BCUT2D eigenvalue weighted by atomic mass is 127. The Morgan fingerprint density at radius 1 is 1.31 bits per heavy atom. The minimum absolute atomic E-state index is 0. The van der Waals surface area contributed by atoms with E-state index in [2.05, 4.69) is 33.8 Å². The second-order valence-electron chi connectivity index (χ2n) is 7.14. The molecule has 0 amide bonds. The van der Waals surface area contributed by atoms with Gasteiger partial charge in [-0.2, -0.15) is 0 Å². The summed E-state index contributed by atoms with van der Waals surface area (Å²) in [5.74, 6) is 2.40. The molecule has 7 heteroatoms. The van der Waals surface area contributed by atoms with Gasteiger partial charge in [0.2, 0.25) is 0 Å². The maximum Gasteiger partial charge on any atom is 0.191 e. The van der Waals surface area contributed by atoms with Crippen molar-refractivity contribution in [2.45, 2.75) is 45.3 Å². The fourth-order valence-corrected chi connectivity index (χ4v) is 3.48. The zero-order valence-electron chi connectivity index (χ0n) is 16.3. The zero-order valence-corrected chi connectivity index (χ0v) is 19.4. The second-order valence-corrected chi connectivity index (χ2v) is 9.46. The Balaban J connectivity index is 0.00000338. The molecule has 0 aliphatic carbocycles. The molecular formula is C19H32IN3O2S. The predicted molar refractivity (Wildman–Crippen MR) is 122 cm³/mol. The van der Waals surface area contributed by atoms with Crippen molar-refractivity contribution in [3.63, 3.8) is 0 Å². The van der Waals surface area contributed by atoms with Crippen LogP contribution in [-0.4, -0.2) is 46.9 Å². The standard InChI is InChI=1S/C19H31N3O2S.HI/c1-5-20-18(22-11-13-25(23)19(2,3)4)21-10-8-15-6-7-17-16(14-15)9-12-24-17;/h6-7,14H,5,8-13H2,1-4H3,(H2,20,21,22);1H. The first-order chi connectivity index (χ1) is 11.9. The van der Waals surface area contributed by atoms with Gasteiger partial charge in [-0.3, -0.25) is 9.20 Å². The third kappa shape index (κ3) is 7.42. The van der Waals surface area contributed by atoms with E-state index in [1.807, 2.05) is 27.7 Å². The molecule has 1 atom stereocenters. The number of aliphatic imine (C=N–C) groups is 1. The Morgan fingerprint density at radius 2 is 2.08 bits per heavy atom. The molecule has 0 saturated carbocycles. The van der Waals surface area contributed by atoms with Gasteiger partial charge < -0.3 is 15.4 Å². The number of nitrogens with one attached hydrogen (secondary N) is 2. The lowest BCUT2D eigenvalue weighted by molar-refractivity contribution is 0.357. The van der Waals surface area contributed by atoms with Gasteiger partial charge in [0.15, 0.2) is 5.96 Å². The number of rotatable bonds is 7. The molecule has 1 unspecified atom stereocenters. The van der Waals surface area contributed by atoms with Crippen molar-refractivity contribution in [1.29, 1.82) is 0 Å². The van der Waals surface area contributed by atoms with Crippen LogP contribution in [0.15, 0.2) is 23.2 Å². The Hall–Kier alpha value is -0.830. The van der Waals surface area contributed by atoms with Crippen LogP contribution in [0.4, 0.5) is 0 Å². The number of nitrogens with zero attached hydrogens (tertiary/aromatic N) is 1. The topological polar surface area (TPSA) is 62.7 Å². The molecule has 2 N–H and O–H groups in total. The Bertz CT molecular complexity index is 630. The SMILES string of the molecule is CCNC(=NCCS(=O)C(C)(C)C)NCCc1ccc2c(c1)CCO2.I. The molecule has 1 aromatic rings. The van der Waals surface area contributed by atoms with Crippen LogP contribution < -0.4 is 15.4 Å². The minimum atomic E-state index is -0.868. The summed E-state index contributed by atoms with van der Waals surface area (Å²) in [4.78, 5) is 4.54. The summed E-state index contributed by atoms with van der Waals surface area (Å²) < 4.78 is 17.5. The number of ether oxygens (including phenoxy) is 1. The normalized spacial score (nSPS) is 14.8. The largest absolute Gasteiger partial charge is 0.493 e. The summed E-state index contributed by atoms with van der Waals surface area (Å²) in [6, 6.07) is 6.43. The Morgan fingerprint density at radius 3 is 2.77 bits per heavy atom. The number of fused-ring (bicyclic) bond motifs is 1. The predicted octanol–water partition coefficient (Wildman–Crippen LogP) is 2.88. The van der Waals surface area contributed by atoms with E-state index in [0.717, 1.165) is 44.2 Å². The van der Waals surface area contributed by atoms with Crippen molar-refractivity contribution in [1.82, 2.24) is 10.6 Å². The molecule has 0 radical (unpaired) electrons. The first-order valence-corrected chi connectivity index (χ1v) is 10.4. The van der Waals surface area contributed by atoms with Gasteiger partial charge in [0.1, 0.15) is 5.75 Å². The summed E-state index contributed by atoms with van der Waals surface area (Å²) in [7, 11) is -0.868. The van der Waals surface area contributed by atoms with Gasteiger partial charge in [-0.25, -0.2) is 0 Å². The molecule has 148 valence electrons. The molecule has 2 rings (SSSR count). The third-order valence-corrected chi connectivity index (χ3v) is 5.95. The van der Waals surface area contributed by atoms with Crippen molar-refractivity contribution in [2.75, 3.05) is 32.0 Å². The average molecular weight is 493 g/mol. The van der Waals surface area contributed by atoms with Crippen LogP contribution in [0.1, 0.15) is 38.8 Å². The second kappa shape index (κ2) is 11.1. The highest BCUT2D eigenvalue weighted by Gasteiger charge is 2.18. The summed E-state index contributed by atoms with van der Waals surface area (Å²) in [6.45, 7) is 11.0. The molecule has 1 aliphatic rings. The van der Waals surface area contributed by atoms with Crippen molar-refractivity contribution in [2.24, 2.45) is 4.99 Å². The lowest BCUT2D eigenvalue weighted by Gasteiger charge is -2.17. The average Bonchev–Trinajstić information content (AvgIpc) is 3.01. The van der Waals surface area contributed by atoms with Crippen molar-refractivity contribution < 1.29 is 8.95 Å². The maximum atomic E-state index is 12.1. The maximum absolute atomic E-state index is 12.1. The Labute approximate surface area is 177 Å². The van der Waals surface area contributed by atoms with E-state index >= 15 is 0 Å². The number of guanidine groups is 1. The number of benzene rings is 1. The van der Waals surface area contributed by atoms with Gasteiger partial charge in [0, 0.05) is 40.8 Å². The van der Waals surface area contributed by atoms with Crippen LogP contribution >= 0.6 is 24.0 Å². The van der Waals surface area contributed by atoms with Crippen LogP contribution in [0, 0.1) is 0 Å². The molecule has 26 heavy (non-hydrogen) atoms. The van der Waals surface area contributed by atoms with Gasteiger partial charge in [-0.05, 0) is 51.3 Å². The lowest BCUT2D eigenvalue weighted by Crippen LogP contribution is -2.38. The summed E-state index contributed by atoms with van der Waals surface area (Å²) in [5, 5.41) is 6.60. The van der Waals surface area contributed by atoms with Crippen molar-refractivity contribution in [3.05, 3.63) is 29.3 Å². The van der Waals surface area contributed by atoms with Gasteiger partial charge in [0.25, 0.3) is 0 Å². The van der Waals surface area contributed by atoms with Crippen LogP contribution in [-0.2, 0) is 23.6 Å². The molecule has 0 spiro atoms. The number of hydrogen-bond donors (Lipinski definition) is 2. The van der Waals surface area contributed by atoms with Crippen molar-refractivity contribution in [3.8, 4) is 5.75 Å². The summed E-state index contributed by atoms with van der Waals surface area (Å²) in [6.07, 6.45) is 1.94. The third-order valence-electron chi connectivity index (χ3n) is 4.03. The van der Waals surface area contributed by atoms with Crippen molar-refractivity contribution >= 4 is 40.7 Å². The van der Waals surface area contributed by atoms with E-state index < -0.39 is 10.8 Å². The van der Waals surface area contributed by atoms with Gasteiger partial charge >= 0.3 is 0 Å². The summed E-state index contributed by atoms with van der Waals surface area (Å²) >= 11 is 0. The van der Waals surface area contributed by atoms with E-state index in [1.165, 1.54) is 11.1 Å². The number of halogens is 1. The molecule has 0 bridgehead atoms. The Kier molecular flexibility index (Phi) is 9.92. The van der Waals surface area contributed by atoms with E-state index in [-0.39, 0.29) is 28.7 Å². The molecule has 1 heterocycles. The van der Waals surface area contributed by atoms with Crippen LogP contribution in [0.2, 0.25) is 0 Å². The minimum Gasteiger partial charge on any atom is -0.493 e. The highest BCUT2D eigenvalue weighted by Crippen LogP contribution is 2.25. The molecule has 0 aromatic heterocycles. The highest BCUT2D eigenvalue weighted by molar-refractivity contribution is 14.0. The fourth-order valence-electron chi connectivity index (χ4n) is 2.61. The molecule has 5 nitrogen and oxygen atoms in total. The quantitative estimate of drug-likeness (QED) is 0.349. The van der Waals surface area contributed by atoms with Crippen LogP contribution in [0.25, 0.3) is 0 Å². The fraction of sp³-hybridized carbons (Fsp3) is 0.632. The lowest BCUT2D eigenvalue weighted by atomic mass is 10.1. The van der Waals surface area contributed by atoms with Crippen LogP contribution in [0.3, 0.4) is 0 Å². The molecule has 0 saturated heterocycles. The first-order valence-electron chi connectivity index (χ1n) is 9.05.